The summed E-state index contributed by atoms with van der Waals surface area (Å²) >= 11 is 0. The lowest BCUT2D eigenvalue weighted by molar-refractivity contribution is -0.192. The zero-order valence-electron chi connectivity index (χ0n) is 14.4. The lowest BCUT2D eigenvalue weighted by atomic mass is 9.90. The summed E-state index contributed by atoms with van der Waals surface area (Å²) in [5.41, 5.74) is 0. The molecule has 1 heterocycles. The summed E-state index contributed by atoms with van der Waals surface area (Å²) in [6.45, 7) is 1.88. The van der Waals surface area contributed by atoms with Crippen LogP contribution in [-0.4, -0.2) is 64.8 Å². The van der Waals surface area contributed by atoms with E-state index in [2.05, 4.69) is 5.32 Å². The normalized spacial score (nSPS) is 20.8. The van der Waals surface area contributed by atoms with Crippen LogP contribution in [0.5, 0.6) is 0 Å². The quantitative estimate of drug-likeness (QED) is 0.670. The molecule has 2 aliphatic rings. The number of hydrogen-bond donors (Lipinski definition) is 3. The molecule has 2 fully saturated rings. The fourth-order valence-corrected chi connectivity index (χ4v) is 2.92. The number of hydrogen-bond acceptors (Lipinski definition) is 4. The minimum atomic E-state index is -5.08. The molecule has 1 amide bonds. The third-order valence-electron chi connectivity index (χ3n) is 4.54. The Morgan fingerprint density at radius 1 is 1.00 bits per heavy atom. The van der Waals surface area contributed by atoms with Gasteiger partial charge in [-0.3, -0.25) is 9.59 Å². The molecular formula is C16H25F3N2O5. The molecule has 0 aromatic carbocycles. The first-order valence-electron chi connectivity index (χ1n) is 8.63. The van der Waals surface area contributed by atoms with E-state index in [9.17, 15) is 22.8 Å². The van der Waals surface area contributed by atoms with E-state index in [1.165, 1.54) is 0 Å². The highest BCUT2D eigenvalue weighted by atomic mass is 19.4. The number of alkyl halides is 3. The summed E-state index contributed by atoms with van der Waals surface area (Å²) in [6.07, 6.45) is 1.69. The van der Waals surface area contributed by atoms with Gasteiger partial charge in [0.2, 0.25) is 5.91 Å². The molecule has 1 aliphatic heterocycles. The summed E-state index contributed by atoms with van der Waals surface area (Å²) in [4.78, 5) is 33.7. The van der Waals surface area contributed by atoms with Gasteiger partial charge in [0, 0.05) is 12.5 Å². The van der Waals surface area contributed by atoms with Crippen LogP contribution < -0.4 is 5.32 Å². The summed E-state index contributed by atoms with van der Waals surface area (Å²) in [6, 6.07) is 0.174. The van der Waals surface area contributed by atoms with Gasteiger partial charge in [-0.25, -0.2) is 4.79 Å². The van der Waals surface area contributed by atoms with Crippen LogP contribution >= 0.6 is 0 Å². The van der Waals surface area contributed by atoms with Gasteiger partial charge in [-0.2, -0.15) is 13.2 Å². The van der Waals surface area contributed by atoms with Crippen molar-refractivity contribution in [2.24, 2.45) is 5.92 Å². The van der Waals surface area contributed by atoms with Crippen molar-refractivity contribution in [3.63, 3.8) is 0 Å². The zero-order chi connectivity index (χ0) is 19.7. The molecule has 1 unspecified atom stereocenters. The number of amides is 1. The van der Waals surface area contributed by atoms with Crippen LogP contribution in [0.15, 0.2) is 0 Å². The van der Waals surface area contributed by atoms with Crippen molar-refractivity contribution in [3.05, 3.63) is 0 Å². The molecule has 2 rings (SSSR count). The fraction of sp³-hybridized carbons (Fsp3) is 0.812. The van der Waals surface area contributed by atoms with Gasteiger partial charge in [0.15, 0.2) is 0 Å². The van der Waals surface area contributed by atoms with Crippen molar-refractivity contribution in [1.29, 1.82) is 0 Å². The number of carbonyl (C=O) groups excluding carboxylic acids is 1. The van der Waals surface area contributed by atoms with E-state index < -0.39 is 18.1 Å². The molecule has 26 heavy (non-hydrogen) atoms. The van der Waals surface area contributed by atoms with E-state index >= 15 is 0 Å². The first kappa shape index (κ1) is 22.2. The molecule has 150 valence electrons. The molecule has 1 atom stereocenters. The van der Waals surface area contributed by atoms with E-state index in [4.69, 9.17) is 15.0 Å². The van der Waals surface area contributed by atoms with Gasteiger partial charge in [0.25, 0.3) is 0 Å². The summed E-state index contributed by atoms with van der Waals surface area (Å²) in [5.74, 6) is -3.20. The third kappa shape index (κ3) is 8.03. The highest BCUT2D eigenvalue weighted by Crippen LogP contribution is 2.27. The SMILES string of the molecule is O=C(O)C(F)(F)F.O=C(O)CN(C(=O)CC1CCCNCC1)C1CCC1. The van der Waals surface area contributed by atoms with Crippen molar-refractivity contribution >= 4 is 17.8 Å². The second-order valence-electron chi connectivity index (χ2n) is 6.55. The van der Waals surface area contributed by atoms with Gasteiger partial charge in [0.05, 0.1) is 0 Å². The Hall–Kier alpha value is -1.84. The molecule has 1 aliphatic carbocycles. The average molecular weight is 382 g/mol. The Morgan fingerprint density at radius 2 is 1.62 bits per heavy atom. The minimum Gasteiger partial charge on any atom is -0.480 e. The zero-order valence-corrected chi connectivity index (χ0v) is 14.4. The number of halogens is 3. The number of rotatable bonds is 5. The third-order valence-corrected chi connectivity index (χ3v) is 4.54. The Labute approximate surface area is 149 Å². The first-order valence-corrected chi connectivity index (χ1v) is 8.63. The van der Waals surface area contributed by atoms with Crippen LogP contribution in [0, 0.1) is 5.92 Å². The highest BCUT2D eigenvalue weighted by molar-refractivity contribution is 5.82. The second kappa shape index (κ2) is 10.3. The first-order chi connectivity index (χ1) is 12.1. The molecule has 1 saturated carbocycles. The van der Waals surface area contributed by atoms with E-state index in [-0.39, 0.29) is 18.5 Å². The Morgan fingerprint density at radius 3 is 2.08 bits per heavy atom. The molecule has 0 radical (unpaired) electrons. The standard InChI is InChI=1S/C14H24N2O3.C2HF3O2/c17-13(9-11-3-2-7-15-8-6-11)16(10-14(18)19)12-4-1-5-12;3-2(4,5)1(6)7/h11-12,15H,1-10H2,(H,18,19);(H,6,7). The molecule has 0 aromatic rings. The number of carboxylic acid groups (broad SMARTS) is 2. The lowest BCUT2D eigenvalue weighted by Crippen LogP contribution is -2.47. The smallest absolute Gasteiger partial charge is 0.480 e. The predicted molar refractivity (Wildman–Crippen MR) is 85.5 cm³/mol. The topological polar surface area (TPSA) is 107 Å². The lowest BCUT2D eigenvalue weighted by Gasteiger charge is -2.37. The Kier molecular flexibility index (Phi) is 8.83. The van der Waals surface area contributed by atoms with Crippen LogP contribution in [0.3, 0.4) is 0 Å². The Bertz CT molecular complexity index is 487. The monoisotopic (exact) mass is 382 g/mol. The van der Waals surface area contributed by atoms with Gasteiger partial charge in [-0.05, 0) is 57.5 Å². The van der Waals surface area contributed by atoms with Crippen LogP contribution in [0.4, 0.5) is 13.2 Å². The summed E-state index contributed by atoms with van der Waals surface area (Å²) in [7, 11) is 0. The Balaban J connectivity index is 0.000000412. The summed E-state index contributed by atoms with van der Waals surface area (Å²) < 4.78 is 31.7. The predicted octanol–water partition coefficient (Wildman–Crippen LogP) is 1.87. The average Bonchev–Trinajstić information content (AvgIpc) is 2.72. The minimum absolute atomic E-state index is 0.0407. The van der Waals surface area contributed by atoms with Gasteiger partial charge in [0.1, 0.15) is 6.54 Å². The van der Waals surface area contributed by atoms with E-state index in [0.717, 1.165) is 51.6 Å². The molecule has 0 spiro atoms. The highest BCUT2D eigenvalue weighted by Gasteiger charge is 2.38. The van der Waals surface area contributed by atoms with Crippen LogP contribution in [0.25, 0.3) is 0 Å². The van der Waals surface area contributed by atoms with Crippen molar-refractivity contribution in [1.82, 2.24) is 10.2 Å². The molecule has 3 N–H and O–H groups in total. The van der Waals surface area contributed by atoms with Crippen molar-refractivity contribution in [2.45, 2.75) is 57.2 Å². The number of carboxylic acids is 2. The maximum absolute atomic E-state index is 12.3. The van der Waals surface area contributed by atoms with Gasteiger partial charge in [-0.15, -0.1) is 0 Å². The summed E-state index contributed by atoms with van der Waals surface area (Å²) in [5, 5.41) is 19.4. The maximum atomic E-state index is 12.3. The molecular weight excluding hydrogens is 357 g/mol. The van der Waals surface area contributed by atoms with Gasteiger partial charge in [-0.1, -0.05) is 0 Å². The number of carbonyl (C=O) groups is 3. The molecule has 1 saturated heterocycles. The van der Waals surface area contributed by atoms with Crippen LogP contribution in [0.1, 0.15) is 44.9 Å². The molecule has 0 bridgehead atoms. The van der Waals surface area contributed by atoms with E-state index in [1.54, 1.807) is 4.90 Å². The molecule has 10 heteroatoms. The number of nitrogens with zero attached hydrogens (tertiary/aromatic N) is 1. The van der Waals surface area contributed by atoms with E-state index in [1.807, 2.05) is 0 Å². The maximum Gasteiger partial charge on any atom is 0.490 e. The van der Waals surface area contributed by atoms with Crippen LogP contribution in [-0.2, 0) is 14.4 Å². The fourth-order valence-electron chi connectivity index (χ4n) is 2.92. The number of nitrogens with one attached hydrogen (secondary N) is 1. The molecule has 0 aromatic heterocycles. The van der Waals surface area contributed by atoms with Crippen molar-refractivity contribution in [2.75, 3.05) is 19.6 Å². The van der Waals surface area contributed by atoms with E-state index in [0.29, 0.717) is 12.3 Å². The second-order valence-corrected chi connectivity index (χ2v) is 6.55. The molecule has 7 nitrogen and oxygen atoms in total. The van der Waals surface area contributed by atoms with Crippen molar-refractivity contribution in [3.8, 4) is 0 Å². The largest absolute Gasteiger partial charge is 0.490 e. The van der Waals surface area contributed by atoms with Gasteiger partial charge >= 0.3 is 18.1 Å². The van der Waals surface area contributed by atoms with Crippen LogP contribution in [0.2, 0.25) is 0 Å². The van der Waals surface area contributed by atoms with Gasteiger partial charge < -0.3 is 20.4 Å². The number of aliphatic carboxylic acids is 2. The van der Waals surface area contributed by atoms with Crippen molar-refractivity contribution < 1.29 is 37.8 Å².